The third kappa shape index (κ3) is 9.81. The largest absolute Gasteiger partial charge is 0.481 e. The van der Waals surface area contributed by atoms with Crippen molar-refractivity contribution < 1.29 is 19.5 Å². The number of hydrogen-bond donors (Lipinski definition) is 3. The molecule has 1 rings (SSSR count). The number of benzene rings is 1. The molecule has 0 saturated carbocycles. The van der Waals surface area contributed by atoms with Gasteiger partial charge in [-0.15, -0.1) is 0 Å². The van der Waals surface area contributed by atoms with E-state index in [1.807, 2.05) is 30.3 Å². The third-order valence-corrected chi connectivity index (χ3v) is 4.09. The molecule has 0 spiro atoms. The number of rotatable bonds is 13. The van der Waals surface area contributed by atoms with Gasteiger partial charge in [0.15, 0.2) is 0 Å². The van der Waals surface area contributed by atoms with Gasteiger partial charge in [-0.05, 0) is 18.4 Å². The molecule has 0 heterocycles. The minimum atomic E-state index is -1.11. The van der Waals surface area contributed by atoms with E-state index in [1.54, 1.807) is 0 Å². The fraction of sp³-hybridized carbons (Fsp3) is 0.550. The van der Waals surface area contributed by atoms with Crippen LogP contribution in [0.15, 0.2) is 30.3 Å². The zero-order valence-electron chi connectivity index (χ0n) is 15.5. The zero-order chi connectivity index (χ0) is 19.2. The number of unbranched alkanes of at least 4 members (excludes halogenated alkanes) is 4. The van der Waals surface area contributed by atoms with Gasteiger partial charge in [-0.25, -0.2) is 0 Å². The number of carbonyl (C=O) groups is 3. The Morgan fingerprint density at radius 2 is 1.73 bits per heavy atom. The van der Waals surface area contributed by atoms with Crippen LogP contribution in [0.5, 0.6) is 0 Å². The molecule has 1 aromatic rings. The van der Waals surface area contributed by atoms with Crippen LogP contribution >= 0.6 is 0 Å². The SMILES string of the molecule is CCCCCCCC(=O)N[C@H](CC(=O)O)C(=O)NCCc1ccccc1. The average Bonchev–Trinajstić information content (AvgIpc) is 2.61. The van der Waals surface area contributed by atoms with E-state index in [-0.39, 0.29) is 5.91 Å². The maximum Gasteiger partial charge on any atom is 0.305 e. The van der Waals surface area contributed by atoms with Gasteiger partial charge in [0.2, 0.25) is 11.8 Å². The molecule has 0 aliphatic heterocycles. The first-order valence-corrected chi connectivity index (χ1v) is 9.35. The highest BCUT2D eigenvalue weighted by Crippen LogP contribution is 2.05. The monoisotopic (exact) mass is 362 g/mol. The van der Waals surface area contributed by atoms with Crippen LogP contribution in [-0.2, 0) is 20.8 Å². The number of aliphatic carboxylic acids is 1. The molecule has 2 amide bonds. The van der Waals surface area contributed by atoms with Crippen molar-refractivity contribution in [3.05, 3.63) is 35.9 Å². The molecule has 144 valence electrons. The van der Waals surface area contributed by atoms with Crippen molar-refractivity contribution >= 4 is 17.8 Å². The van der Waals surface area contributed by atoms with Crippen LogP contribution in [0, 0.1) is 0 Å². The van der Waals surface area contributed by atoms with E-state index < -0.39 is 24.3 Å². The van der Waals surface area contributed by atoms with Crippen molar-refractivity contribution in [1.29, 1.82) is 0 Å². The van der Waals surface area contributed by atoms with Crippen molar-refractivity contribution in [2.24, 2.45) is 0 Å². The topological polar surface area (TPSA) is 95.5 Å². The Kier molecular flexibility index (Phi) is 10.8. The number of nitrogens with one attached hydrogen (secondary N) is 2. The highest BCUT2D eigenvalue weighted by atomic mass is 16.4. The van der Waals surface area contributed by atoms with Crippen LogP contribution in [0.2, 0.25) is 0 Å². The summed E-state index contributed by atoms with van der Waals surface area (Å²) in [6, 6.07) is 8.65. The Morgan fingerprint density at radius 1 is 1.04 bits per heavy atom. The van der Waals surface area contributed by atoms with Crippen LogP contribution < -0.4 is 10.6 Å². The standard InChI is InChI=1S/C20H30N2O4/c1-2-3-4-5-9-12-18(23)22-17(15-19(24)25)20(26)21-14-13-16-10-7-6-8-11-16/h6-8,10-11,17H,2-5,9,12-15H2,1H3,(H,21,26)(H,22,23)(H,24,25)/t17-/m1/s1. The second-order valence-electron chi connectivity index (χ2n) is 6.41. The number of carboxylic acids is 1. The normalized spacial score (nSPS) is 11.6. The summed E-state index contributed by atoms with van der Waals surface area (Å²) in [6.45, 7) is 2.52. The molecule has 0 unspecified atom stereocenters. The fourth-order valence-electron chi connectivity index (χ4n) is 2.64. The summed E-state index contributed by atoms with van der Waals surface area (Å²) in [5.74, 6) is -1.84. The number of carbonyl (C=O) groups excluding carboxylic acids is 2. The van der Waals surface area contributed by atoms with E-state index in [9.17, 15) is 14.4 Å². The first-order valence-electron chi connectivity index (χ1n) is 9.35. The van der Waals surface area contributed by atoms with Crippen molar-refractivity contribution in [2.45, 2.75) is 64.3 Å². The molecular weight excluding hydrogens is 332 g/mol. The molecule has 0 bridgehead atoms. The molecule has 1 aromatic carbocycles. The van der Waals surface area contributed by atoms with Crippen LogP contribution in [0.1, 0.15) is 57.4 Å². The van der Waals surface area contributed by atoms with Gasteiger partial charge in [-0.2, -0.15) is 0 Å². The summed E-state index contributed by atoms with van der Waals surface area (Å²) >= 11 is 0. The minimum Gasteiger partial charge on any atom is -0.481 e. The lowest BCUT2D eigenvalue weighted by molar-refractivity contribution is -0.140. The van der Waals surface area contributed by atoms with E-state index >= 15 is 0 Å². The second-order valence-corrected chi connectivity index (χ2v) is 6.41. The predicted molar refractivity (Wildman–Crippen MR) is 101 cm³/mol. The molecule has 0 fully saturated rings. The number of carboxylic acid groups (broad SMARTS) is 1. The van der Waals surface area contributed by atoms with Gasteiger partial charge in [0, 0.05) is 13.0 Å². The van der Waals surface area contributed by atoms with E-state index in [2.05, 4.69) is 17.6 Å². The van der Waals surface area contributed by atoms with Crippen molar-refractivity contribution in [1.82, 2.24) is 10.6 Å². The number of amides is 2. The average molecular weight is 362 g/mol. The quantitative estimate of drug-likeness (QED) is 0.470. The molecular formula is C20H30N2O4. The molecule has 6 heteroatoms. The van der Waals surface area contributed by atoms with Crippen molar-refractivity contribution in [2.75, 3.05) is 6.54 Å². The molecule has 1 atom stereocenters. The molecule has 0 saturated heterocycles. The van der Waals surface area contributed by atoms with Gasteiger partial charge in [-0.1, -0.05) is 62.9 Å². The van der Waals surface area contributed by atoms with E-state index in [0.29, 0.717) is 19.4 Å². The van der Waals surface area contributed by atoms with Gasteiger partial charge < -0.3 is 15.7 Å². The maximum atomic E-state index is 12.2. The maximum absolute atomic E-state index is 12.2. The van der Waals surface area contributed by atoms with Crippen molar-refractivity contribution in [3.63, 3.8) is 0 Å². The molecule has 26 heavy (non-hydrogen) atoms. The Balaban J connectivity index is 2.39. The van der Waals surface area contributed by atoms with Crippen molar-refractivity contribution in [3.8, 4) is 0 Å². The summed E-state index contributed by atoms with van der Waals surface area (Å²) in [6.07, 6.45) is 5.63. The number of hydrogen-bond acceptors (Lipinski definition) is 3. The van der Waals surface area contributed by atoms with Crippen LogP contribution in [0.3, 0.4) is 0 Å². The van der Waals surface area contributed by atoms with Gasteiger partial charge in [0.1, 0.15) is 6.04 Å². The van der Waals surface area contributed by atoms with Crippen LogP contribution in [-0.4, -0.2) is 35.5 Å². The highest BCUT2D eigenvalue weighted by Gasteiger charge is 2.23. The Labute approximate surface area is 155 Å². The summed E-state index contributed by atoms with van der Waals surface area (Å²) in [4.78, 5) is 35.2. The van der Waals surface area contributed by atoms with Crippen LogP contribution in [0.4, 0.5) is 0 Å². The molecule has 0 aliphatic carbocycles. The predicted octanol–water partition coefficient (Wildman–Crippen LogP) is 2.67. The lowest BCUT2D eigenvalue weighted by Gasteiger charge is -2.17. The van der Waals surface area contributed by atoms with Gasteiger partial charge in [0.25, 0.3) is 0 Å². The second kappa shape index (κ2) is 12.9. The summed E-state index contributed by atoms with van der Waals surface area (Å²) in [5, 5.41) is 14.3. The Bertz CT molecular complexity index is 560. The van der Waals surface area contributed by atoms with E-state index in [4.69, 9.17) is 5.11 Å². The smallest absolute Gasteiger partial charge is 0.305 e. The molecule has 3 N–H and O–H groups in total. The third-order valence-electron chi connectivity index (χ3n) is 4.09. The Morgan fingerprint density at radius 3 is 2.38 bits per heavy atom. The Hall–Kier alpha value is -2.37. The van der Waals surface area contributed by atoms with Gasteiger partial charge in [-0.3, -0.25) is 14.4 Å². The highest BCUT2D eigenvalue weighted by molar-refractivity contribution is 5.90. The van der Waals surface area contributed by atoms with E-state index in [0.717, 1.165) is 37.7 Å². The first kappa shape index (κ1) is 21.7. The molecule has 6 nitrogen and oxygen atoms in total. The summed E-state index contributed by atoms with van der Waals surface area (Å²) in [5.41, 5.74) is 1.08. The lowest BCUT2D eigenvalue weighted by Crippen LogP contribution is -2.48. The van der Waals surface area contributed by atoms with E-state index in [1.165, 1.54) is 0 Å². The summed E-state index contributed by atoms with van der Waals surface area (Å²) < 4.78 is 0. The summed E-state index contributed by atoms with van der Waals surface area (Å²) in [7, 11) is 0. The lowest BCUT2D eigenvalue weighted by atomic mass is 10.1. The molecule has 0 aliphatic rings. The molecule has 0 aromatic heterocycles. The van der Waals surface area contributed by atoms with Gasteiger partial charge >= 0.3 is 5.97 Å². The van der Waals surface area contributed by atoms with Gasteiger partial charge in [0.05, 0.1) is 6.42 Å². The van der Waals surface area contributed by atoms with Crippen LogP contribution in [0.25, 0.3) is 0 Å². The molecule has 0 radical (unpaired) electrons. The fourth-order valence-corrected chi connectivity index (χ4v) is 2.64. The minimum absolute atomic E-state index is 0.272. The first-order chi connectivity index (χ1) is 12.5. The zero-order valence-corrected chi connectivity index (χ0v) is 15.5.